The van der Waals surface area contributed by atoms with Crippen molar-refractivity contribution >= 4 is 22.8 Å². The Kier molecular flexibility index (Phi) is 8.91. The van der Waals surface area contributed by atoms with Crippen LogP contribution in [0.3, 0.4) is 0 Å². The molecule has 0 saturated heterocycles. The lowest BCUT2D eigenvalue weighted by Crippen LogP contribution is -2.35. The van der Waals surface area contributed by atoms with E-state index in [1.807, 2.05) is 13.8 Å². The summed E-state index contributed by atoms with van der Waals surface area (Å²) in [5.41, 5.74) is -0.0115. The molecule has 1 aromatic carbocycles. The predicted molar refractivity (Wildman–Crippen MR) is 128 cm³/mol. The number of carbonyl (C=O) groups is 2. The van der Waals surface area contributed by atoms with Gasteiger partial charge in [0.05, 0.1) is 36.9 Å². The van der Waals surface area contributed by atoms with Gasteiger partial charge < -0.3 is 24.1 Å². The van der Waals surface area contributed by atoms with E-state index in [2.05, 4.69) is 12.2 Å². The molecule has 33 heavy (non-hydrogen) atoms. The lowest BCUT2D eigenvalue weighted by Gasteiger charge is -2.23. The number of nitrogens with zero attached hydrogens (tertiary/aromatic N) is 1. The molecule has 0 spiro atoms. The molecule has 8 heteroatoms. The number of methoxy groups -OCH3 is 1. The largest absolute Gasteiger partial charge is 0.491 e. The van der Waals surface area contributed by atoms with Gasteiger partial charge in [-0.15, -0.1) is 0 Å². The molecule has 0 radical (unpaired) electrons. The SMILES string of the molecule is CCCCOc1c(CNC(=O)OC(C)(C)C)n(CC(C)C)c(=O)c2ccc(C(=O)OC)cc12. The molecule has 0 saturated carbocycles. The number of carbonyl (C=O) groups excluding carboxylic acids is 2. The molecule has 2 rings (SSSR count). The maximum Gasteiger partial charge on any atom is 0.407 e. The quantitative estimate of drug-likeness (QED) is 0.432. The molecule has 2 aromatic rings. The van der Waals surface area contributed by atoms with Gasteiger partial charge in [-0.2, -0.15) is 0 Å². The molecule has 1 amide bonds. The van der Waals surface area contributed by atoms with Gasteiger partial charge in [0.1, 0.15) is 11.4 Å². The third-order valence-electron chi connectivity index (χ3n) is 4.84. The fourth-order valence-corrected chi connectivity index (χ4v) is 3.39. The Bertz CT molecular complexity index is 1050. The Morgan fingerprint density at radius 1 is 1.15 bits per heavy atom. The normalized spacial score (nSPS) is 11.5. The highest BCUT2D eigenvalue weighted by atomic mass is 16.6. The zero-order valence-electron chi connectivity index (χ0n) is 20.7. The standard InChI is InChI=1S/C25H36N2O6/c1-8-9-12-32-21-19-13-17(23(29)31-7)10-11-18(19)22(28)27(15-16(2)3)20(21)14-26-24(30)33-25(4,5)6/h10-11,13,16H,8-9,12,14-15H2,1-7H3,(H,26,30). The Balaban J connectivity index is 2.69. The van der Waals surface area contributed by atoms with Gasteiger partial charge in [-0.05, 0) is 51.3 Å². The highest BCUT2D eigenvalue weighted by molar-refractivity contribution is 5.97. The summed E-state index contributed by atoms with van der Waals surface area (Å²) in [6, 6.07) is 4.81. The van der Waals surface area contributed by atoms with E-state index in [0.29, 0.717) is 40.9 Å². The van der Waals surface area contributed by atoms with Gasteiger partial charge in [-0.1, -0.05) is 27.2 Å². The monoisotopic (exact) mass is 460 g/mol. The van der Waals surface area contributed by atoms with Crippen LogP contribution in [0.4, 0.5) is 4.79 Å². The molecular weight excluding hydrogens is 424 g/mol. The van der Waals surface area contributed by atoms with Gasteiger partial charge in [0.25, 0.3) is 5.56 Å². The van der Waals surface area contributed by atoms with Crippen molar-refractivity contribution in [2.45, 2.75) is 73.1 Å². The first-order chi connectivity index (χ1) is 15.5. The number of hydrogen-bond donors (Lipinski definition) is 1. The molecule has 1 aromatic heterocycles. The number of amides is 1. The average molecular weight is 461 g/mol. The van der Waals surface area contributed by atoms with Crippen LogP contribution in [-0.4, -0.2) is 35.9 Å². The van der Waals surface area contributed by atoms with E-state index in [0.717, 1.165) is 12.8 Å². The number of alkyl carbamates (subject to hydrolysis) is 1. The summed E-state index contributed by atoms with van der Waals surface area (Å²) in [6.07, 6.45) is 1.16. The first kappa shape index (κ1) is 26.2. The van der Waals surface area contributed by atoms with Crippen molar-refractivity contribution in [2.75, 3.05) is 13.7 Å². The molecule has 1 heterocycles. The van der Waals surface area contributed by atoms with Crippen LogP contribution < -0.4 is 15.6 Å². The first-order valence-electron chi connectivity index (χ1n) is 11.4. The lowest BCUT2D eigenvalue weighted by molar-refractivity contribution is 0.0520. The van der Waals surface area contributed by atoms with E-state index in [9.17, 15) is 14.4 Å². The van der Waals surface area contributed by atoms with Gasteiger partial charge in [-0.3, -0.25) is 4.79 Å². The molecule has 0 atom stereocenters. The zero-order chi connectivity index (χ0) is 24.8. The number of rotatable bonds is 9. The molecule has 1 N–H and O–H groups in total. The van der Waals surface area contributed by atoms with Crippen LogP contribution in [0.15, 0.2) is 23.0 Å². The minimum absolute atomic E-state index is 0.0384. The number of esters is 1. The molecule has 8 nitrogen and oxygen atoms in total. The molecular formula is C25H36N2O6. The summed E-state index contributed by atoms with van der Waals surface area (Å²) in [7, 11) is 1.31. The summed E-state index contributed by atoms with van der Waals surface area (Å²) in [5.74, 6) is 0.148. The molecule has 0 aliphatic rings. The van der Waals surface area contributed by atoms with Crippen LogP contribution in [0.2, 0.25) is 0 Å². The summed E-state index contributed by atoms with van der Waals surface area (Å²) < 4.78 is 18.0. The smallest absolute Gasteiger partial charge is 0.407 e. The van der Waals surface area contributed by atoms with Gasteiger partial charge in [0.15, 0.2) is 0 Å². The van der Waals surface area contributed by atoms with E-state index in [1.54, 1.807) is 43.5 Å². The van der Waals surface area contributed by atoms with Gasteiger partial charge in [0.2, 0.25) is 0 Å². The number of ether oxygens (including phenoxy) is 3. The zero-order valence-corrected chi connectivity index (χ0v) is 20.7. The number of benzene rings is 1. The summed E-state index contributed by atoms with van der Waals surface area (Å²) in [6.45, 7) is 12.4. The van der Waals surface area contributed by atoms with Gasteiger partial charge in [0, 0.05) is 11.9 Å². The van der Waals surface area contributed by atoms with Crippen LogP contribution >= 0.6 is 0 Å². The fraction of sp³-hybridized carbons (Fsp3) is 0.560. The molecule has 0 aliphatic heterocycles. The van der Waals surface area contributed by atoms with Crippen LogP contribution in [0.25, 0.3) is 10.8 Å². The Morgan fingerprint density at radius 2 is 1.85 bits per heavy atom. The maximum absolute atomic E-state index is 13.4. The molecule has 0 fully saturated rings. The first-order valence-corrected chi connectivity index (χ1v) is 11.4. The third kappa shape index (κ3) is 6.97. The number of hydrogen-bond acceptors (Lipinski definition) is 6. The fourth-order valence-electron chi connectivity index (χ4n) is 3.39. The minimum atomic E-state index is -0.652. The maximum atomic E-state index is 13.4. The lowest BCUT2D eigenvalue weighted by atomic mass is 10.0. The number of pyridine rings is 1. The second-order valence-electron chi connectivity index (χ2n) is 9.39. The molecule has 182 valence electrons. The van der Waals surface area contributed by atoms with Crippen molar-refractivity contribution in [3.63, 3.8) is 0 Å². The number of unbranched alkanes of at least 4 members (excludes halogenated alkanes) is 1. The number of nitrogens with one attached hydrogen (secondary N) is 1. The van der Waals surface area contributed by atoms with E-state index < -0.39 is 17.7 Å². The molecule has 0 aliphatic carbocycles. The van der Waals surface area contributed by atoms with Crippen molar-refractivity contribution < 1.29 is 23.8 Å². The average Bonchev–Trinajstić information content (AvgIpc) is 2.73. The Morgan fingerprint density at radius 3 is 2.42 bits per heavy atom. The van der Waals surface area contributed by atoms with Crippen LogP contribution in [0, 0.1) is 5.92 Å². The van der Waals surface area contributed by atoms with Crippen LogP contribution in [-0.2, 0) is 22.6 Å². The van der Waals surface area contributed by atoms with E-state index in [-0.39, 0.29) is 18.0 Å². The van der Waals surface area contributed by atoms with Crippen molar-refractivity contribution in [2.24, 2.45) is 5.92 Å². The Hall–Kier alpha value is -3.03. The molecule has 0 unspecified atom stereocenters. The van der Waals surface area contributed by atoms with Crippen molar-refractivity contribution in [1.82, 2.24) is 9.88 Å². The van der Waals surface area contributed by atoms with Gasteiger partial charge in [-0.25, -0.2) is 9.59 Å². The highest BCUT2D eigenvalue weighted by Gasteiger charge is 2.22. The van der Waals surface area contributed by atoms with Crippen molar-refractivity contribution in [3.8, 4) is 5.75 Å². The van der Waals surface area contributed by atoms with Crippen molar-refractivity contribution in [1.29, 1.82) is 0 Å². The summed E-state index contributed by atoms with van der Waals surface area (Å²) >= 11 is 0. The number of fused-ring (bicyclic) bond motifs is 1. The van der Waals surface area contributed by atoms with Crippen LogP contribution in [0.1, 0.15) is 70.4 Å². The predicted octanol–water partition coefficient (Wildman–Crippen LogP) is 4.65. The summed E-state index contributed by atoms with van der Waals surface area (Å²) in [4.78, 5) is 37.9. The van der Waals surface area contributed by atoms with E-state index in [4.69, 9.17) is 14.2 Å². The third-order valence-corrected chi connectivity index (χ3v) is 4.84. The van der Waals surface area contributed by atoms with E-state index in [1.165, 1.54) is 7.11 Å². The van der Waals surface area contributed by atoms with Crippen LogP contribution in [0.5, 0.6) is 5.75 Å². The topological polar surface area (TPSA) is 95.9 Å². The van der Waals surface area contributed by atoms with E-state index >= 15 is 0 Å². The Labute approximate surface area is 195 Å². The molecule has 0 bridgehead atoms. The second kappa shape index (κ2) is 11.2. The van der Waals surface area contributed by atoms with Crippen molar-refractivity contribution in [3.05, 3.63) is 39.8 Å². The summed E-state index contributed by atoms with van der Waals surface area (Å²) in [5, 5.41) is 3.70. The second-order valence-corrected chi connectivity index (χ2v) is 9.39. The highest BCUT2D eigenvalue weighted by Crippen LogP contribution is 2.30. The number of aromatic nitrogens is 1. The van der Waals surface area contributed by atoms with Gasteiger partial charge >= 0.3 is 12.1 Å². The minimum Gasteiger partial charge on any atom is -0.491 e.